The quantitative estimate of drug-likeness (QED) is 0.923. The van der Waals surface area contributed by atoms with Gasteiger partial charge >= 0.3 is 0 Å². The molecule has 1 unspecified atom stereocenters. The zero-order chi connectivity index (χ0) is 14.7. The molecule has 0 bridgehead atoms. The largest absolute Gasteiger partial charge is 0.334 e. The van der Waals surface area contributed by atoms with Crippen LogP contribution in [-0.2, 0) is 12.2 Å². The molecule has 2 aliphatic heterocycles. The molecule has 3 heterocycles. The molecule has 3 rings (SSSR count). The predicted molar refractivity (Wildman–Crippen MR) is 91.4 cm³/mol. The van der Waals surface area contributed by atoms with Gasteiger partial charge in [-0.3, -0.25) is 4.79 Å². The second kappa shape index (κ2) is 7.16. The molecule has 1 N–H and O–H groups in total. The van der Waals surface area contributed by atoms with E-state index in [-0.39, 0.29) is 5.91 Å². The van der Waals surface area contributed by atoms with E-state index in [0.29, 0.717) is 6.04 Å². The minimum Gasteiger partial charge on any atom is -0.334 e. The second-order valence-corrected chi connectivity index (χ2v) is 8.10. The number of carbonyl (C=O) groups is 1. The zero-order valence-electron chi connectivity index (χ0n) is 12.7. The van der Waals surface area contributed by atoms with Crippen molar-refractivity contribution >= 4 is 29.0 Å². The van der Waals surface area contributed by atoms with Crippen LogP contribution in [0.2, 0.25) is 0 Å². The van der Waals surface area contributed by atoms with Crippen LogP contribution in [0, 0.1) is 0 Å². The van der Waals surface area contributed by atoms with Crippen molar-refractivity contribution < 1.29 is 4.79 Å². The van der Waals surface area contributed by atoms with Gasteiger partial charge in [-0.15, -0.1) is 11.3 Å². The molecule has 1 aromatic heterocycles. The van der Waals surface area contributed by atoms with Crippen molar-refractivity contribution in [2.45, 2.75) is 44.4 Å². The Hall–Kier alpha value is -0.520. The highest BCUT2D eigenvalue weighted by atomic mass is 32.2. The fourth-order valence-corrected chi connectivity index (χ4v) is 5.51. The Balaban J connectivity index is 1.77. The van der Waals surface area contributed by atoms with Gasteiger partial charge < -0.3 is 10.2 Å². The fourth-order valence-electron chi connectivity index (χ4n) is 3.18. The molecule has 0 aliphatic carbocycles. The third kappa shape index (κ3) is 3.46. The van der Waals surface area contributed by atoms with Crippen LogP contribution in [0.5, 0.6) is 0 Å². The highest BCUT2D eigenvalue weighted by Gasteiger charge is 2.27. The maximum atomic E-state index is 13.0. The molecule has 3 nitrogen and oxygen atoms in total. The molecule has 0 aromatic carbocycles. The molecule has 0 saturated carbocycles. The molecule has 1 amide bonds. The summed E-state index contributed by atoms with van der Waals surface area (Å²) in [5.74, 6) is 2.54. The van der Waals surface area contributed by atoms with Gasteiger partial charge in [-0.05, 0) is 49.6 Å². The molecule has 0 radical (unpaired) electrons. The average Bonchev–Trinajstić information content (AvgIpc) is 2.97. The zero-order valence-corrected chi connectivity index (χ0v) is 14.3. The van der Waals surface area contributed by atoms with E-state index in [2.05, 4.69) is 23.2 Å². The number of nitrogens with one attached hydrogen (secondary N) is 1. The van der Waals surface area contributed by atoms with Crippen LogP contribution in [0.4, 0.5) is 0 Å². The summed E-state index contributed by atoms with van der Waals surface area (Å²) >= 11 is 3.72. The molecule has 0 spiro atoms. The van der Waals surface area contributed by atoms with Gasteiger partial charge in [0.1, 0.15) is 0 Å². The minimum absolute atomic E-state index is 0.259. The van der Waals surface area contributed by atoms with Crippen molar-refractivity contribution in [3.63, 3.8) is 0 Å². The van der Waals surface area contributed by atoms with Crippen LogP contribution < -0.4 is 5.32 Å². The summed E-state index contributed by atoms with van der Waals surface area (Å²) in [6, 6.07) is 2.53. The first kappa shape index (κ1) is 15.4. The molecule has 5 heteroatoms. The van der Waals surface area contributed by atoms with Gasteiger partial charge in [0.05, 0.1) is 4.88 Å². The van der Waals surface area contributed by atoms with E-state index in [4.69, 9.17) is 0 Å². The summed E-state index contributed by atoms with van der Waals surface area (Å²) in [7, 11) is 0. The van der Waals surface area contributed by atoms with Crippen LogP contribution >= 0.6 is 23.1 Å². The number of piperidine rings is 1. The second-order valence-electron chi connectivity index (χ2n) is 5.86. The first-order chi connectivity index (χ1) is 10.3. The Kier molecular flexibility index (Phi) is 5.24. The normalized spacial score (nSPS) is 21.9. The summed E-state index contributed by atoms with van der Waals surface area (Å²) in [6.45, 7) is 5.08. The lowest BCUT2D eigenvalue weighted by molar-refractivity contribution is 0.0654. The monoisotopic (exact) mass is 324 g/mol. The molecular weight excluding hydrogens is 300 g/mol. The van der Waals surface area contributed by atoms with Gasteiger partial charge in [0, 0.05) is 29.8 Å². The maximum Gasteiger partial charge on any atom is 0.264 e. The summed E-state index contributed by atoms with van der Waals surface area (Å²) < 4.78 is 0. The van der Waals surface area contributed by atoms with Crippen molar-refractivity contribution in [1.29, 1.82) is 0 Å². The van der Waals surface area contributed by atoms with Crippen molar-refractivity contribution in [3.05, 3.63) is 21.4 Å². The summed E-state index contributed by atoms with van der Waals surface area (Å²) in [5.41, 5.74) is 1.40. The molecular formula is C16H24N2OS2. The number of nitrogens with zero attached hydrogens (tertiary/aromatic N) is 1. The summed E-state index contributed by atoms with van der Waals surface area (Å²) in [5, 5.41) is 3.44. The predicted octanol–water partition coefficient (Wildman–Crippen LogP) is 3.14. The summed E-state index contributed by atoms with van der Waals surface area (Å²) in [6.07, 6.45) is 4.48. The highest BCUT2D eigenvalue weighted by Crippen LogP contribution is 2.32. The van der Waals surface area contributed by atoms with Crippen LogP contribution in [-0.4, -0.2) is 42.2 Å². The van der Waals surface area contributed by atoms with E-state index in [9.17, 15) is 4.79 Å². The van der Waals surface area contributed by atoms with Gasteiger partial charge in [0.15, 0.2) is 0 Å². The first-order valence-electron chi connectivity index (χ1n) is 8.00. The van der Waals surface area contributed by atoms with Crippen LogP contribution in [0.15, 0.2) is 6.07 Å². The number of aryl methyl sites for hydroxylation is 1. The smallest absolute Gasteiger partial charge is 0.264 e. The lowest BCUT2D eigenvalue weighted by atomic mass is 10.1. The van der Waals surface area contributed by atoms with Crippen LogP contribution in [0.1, 0.15) is 46.3 Å². The summed E-state index contributed by atoms with van der Waals surface area (Å²) in [4.78, 5) is 17.5. The van der Waals surface area contributed by atoms with Gasteiger partial charge in [-0.1, -0.05) is 6.92 Å². The standard InChI is InChI=1S/C16H24N2OS2/c1-2-7-18(13-4-3-6-17-10-13)16(19)15-9-12-11-20-8-5-14(12)21-15/h9,13,17H,2-8,10-11H2,1H3. The number of rotatable bonds is 4. The molecule has 1 fully saturated rings. The van der Waals surface area contributed by atoms with E-state index in [1.54, 1.807) is 11.3 Å². The van der Waals surface area contributed by atoms with Gasteiger partial charge in [-0.25, -0.2) is 0 Å². The van der Waals surface area contributed by atoms with E-state index in [1.807, 2.05) is 11.8 Å². The number of thioether (sulfide) groups is 1. The third-order valence-electron chi connectivity index (χ3n) is 4.28. The van der Waals surface area contributed by atoms with Gasteiger partial charge in [0.25, 0.3) is 5.91 Å². The number of carbonyl (C=O) groups excluding carboxylic acids is 1. The van der Waals surface area contributed by atoms with Crippen molar-refractivity contribution in [2.75, 3.05) is 25.4 Å². The van der Waals surface area contributed by atoms with Crippen LogP contribution in [0.3, 0.4) is 0 Å². The fraction of sp³-hybridized carbons (Fsp3) is 0.688. The Morgan fingerprint density at radius 2 is 2.43 bits per heavy atom. The molecule has 21 heavy (non-hydrogen) atoms. The van der Waals surface area contributed by atoms with Crippen molar-refractivity contribution in [1.82, 2.24) is 10.2 Å². The lowest BCUT2D eigenvalue weighted by Gasteiger charge is -2.34. The SMILES string of the molecule is CCCN(C(=O)c1cc2c(s1)CCSC2)C1CCCNC1. The van der Waals surface area contributed by atoms with Crippen molar-refractivity contribution in [2.24, 2.45) is 0 Å². The topological polar surface area (TPSA) is 32.3 Å². The van der Waals surface area contributed by atoms with Crippen molar-refractivity contribution in [3.8, 4) is 0 Å². The number of amides is 1. The molecule has 1 atom stereocenters. The number of fused-ring (bicyclic) bond motifs is 1. The number of hydrogen-bond acceptors (Lipinski definition) is 4. The van der Waals surface area contributed by atoms with E-state index in [0.717, 1.165) is 49.5 Å². The Labute approximate surface area is 135 Å². The van der Waals surface area contributed by atoms with Crippen LogP contribution in [0.25, 0.3) is 0 Å². The Morgan fingerprint density at radius 3 is 3.14 bits per heavy atom. The highest BCUT2D eigenvalue weighted by molar-refractivity contribution is 7.98. The number of hydrogen-bond donors (Lipinski definition) is 1. The minimum atomic E-state index is 0.259. The average molecular weight is 325 g/mol. The van der Waals surface area contributed by atoms with Gasteiger partial charge in [-0.2, -0.15) is 11.8 Å². The first-order valence-corrected chi connectivity index (χ1v) is 9.97. The third-order valence-corrected chi connectivity index (χ3v) is 6.51. The molecule has 1 saturated heterocycles. The van der Waals surface area contributed by atoms with Gasteiger partial charge in [0.2, 0.25) is 0 Å². The number of thiophene rings is 1. The van der Waals surface area contributed by atoms with E-state index in [1.165, 1.54) is 22.6 Å². The molecule has 2 aliphatic rings. The maximum absolute atomic E-state index is 13.0. The molecule has 1 aromatic rings. The molecule has 116 valence electrons. The lowest BCUT2D eigenvalue weighted by Crippen LogP contribution is -2.48. The Bertz CT molecular complexity index is 471. The Morgan fingerprint density at radius 1 is 1.52 bits per heavy atom. The van der Waals surface area contributed by atoms with E-state index >= 15 is 0 Å². The van der Waals surface area contributed by atoms with E-state index < -0.39 is 0 Å².